The largest absolute Gasteiger partial charge is 0.478 e. The molecule has 0 saturated carbocycles. The van der Waals surface area contributed by atoms with Crippen molar-refractivity contribution < 1.29 is 22.8 Å². The third-order valence-electron chi connectivity index (χ3n) is 2.44. The van der Waals surface area contributed by atoms with E-state index in [1.54, 1.807) is 6.92 Å². The van der Waals surface area contributed by atoms with E-state index in [1.807, 2.05) is 0 Å². The normalized spacial score (nSPS) is 11.3. The highest BCUT2D eigenvalue weighted by Gasteiger charge is 2.22. The van der Waals surface area contributed by atoms with Crippen LogP contribution in [0.15, 0.2) is 38.5 Å². The van der Waals surface area contributed by atoms with Gasteiger partial charge in [-0.05, 0) is 40.5 Å². The summed E-state index contributed by atoms with van der Waals surface area (Å²) in [5.74, 6) is -1.21. The first-order valence-corrected chi connectivity index (χ1v) is 7.54. The molecule has 2 rings (SSSR count). The number of nitrogens with one attached hydrogen (secondary N) is 1. The van der Waals surface area contributed by atoms with Crippen LogP contribution in [0.4, 0.5) is 5.69 Å². The van der Waals surface area contributed by atoms with E-state index in [2.05, 4.69) is 30.3 Å². The van der Waals surface area contributed by atoms with E-state index in [4.69, 9.17) is 5.11 Å². The molecule has 20 heavy (non-hydrogen) atoms. The number of nitrogens with zero attached hydrogens (tertiary/aromatic N) is 1. The van der Waals surface area contributed by atoms with Crippen LogP contribution in [0.25, 0.3) is 0 Å². The maximum Gasteiger partial charge on any atom is 0.335 e. The van der Waals surface area contributed by atoms with Gasteiger partial charge in [0.25, 0.3) is 10.0 Å². The minimum absolute atomic E-state index is 0.114. The quantitative estimate of drug-likeness (QED) is 0.864. The lowest BCUT2D eigenvalue weighted by Crippen LogP contribution is -2.14. The van der Waals surface area contributed by atoms with Gasteiger partial charge in [0, 0.05) is 4.47 Å². The Bertz CT molecular complexity index is 755. The molecule has 9 heteroatoms. The summed E-state index contributed by atoms with van der Waals surface area (Å²) in [6.07, 6.45) is 2.32. The molecule has 1 aromatic carbocycles. The van der Waals surface area contributed by atoms with E-state index >= 15 is 0 Å². The Kier molecular flexibility index (Phi) is 3.82. The smallest absolute Gasteiger partial charge is 0.335 e. The summed E-state index contributed by atoms with van der Waals surface area (Å²) < 4.78 is 31.6. The number of benzene rings is 1. The van der Waals surface area contributed by atoms with Crippen molar-refractivity contribution in [2.24, 2.45) is 0 Å². The van der Waals surface area contributed by atoms with Gasteiger partial charge >= 0.3 is 5.97 Å². The van der Waals surface area contributed by atoms with E-state index < -0.39 is 16.0 Å². The van der Waals surface area contributed by atoms with Gasteiger partial charge in [0.1, 0.15) is 16.8 Å². The van der Waals surface area contributed by atoms with Gasteiger partial charge < -0.3 is 9.63 Å². The number of carboxylic acids is 1. The molecule has 0 aliphatic heterocycles. The van der Waals surface area contributed by atoms with E-state index in [1.165, 1.54) is 12.3 Å². The van der Waals surface area contributed by atoms with Crippen LogP contribution < -0.4 is 4.72 Å². The van der Waals surface area contributed by atoms with Gasteiger partial charge in [0.15, 0.2) is 0 Å². The first kappa shape index (κ1) is 14.5. The van der Waals surface area contributed by atoms with Crippen LogP contribution in [0.2, 0.25) is 0 Å². The lowest BCUT2D eigenvalue weighted by molar-refractivity contribution is 0.0696. The van der Waals surface area contributed by atoms with Crippen molar-refractivity contribution in [3.63, 3.8) is 0 Å². The predicted octanol–water partition coefficient (Wildman–Crippen LogP) is 2.24. The predicted molar refractivity (Wildman–Crippen MR) is 73.1 cm³/mol. The number of carbonyl (C=O) groups is 1. The molecule has 0 atom stereocenters. The minimum atomic E-state index is -3.95. The highest BCUT2D eigenvalue weighted by Crippen LogP contribution is 2.28. The maximum atomic E-state index is 12.2. The Labute approximate surface area is 122 Å². The molecule has 1 aromatic heterocycles. The van der Waals surface area contributed by atoms with Crippen molar-refractivity contribution >= 4 is 37.6 Å². The molecule has 0 saturated heterocycles. The summed E-state index contributed by atoms with van der Waals surface area (Å²) in [5.41, 5.74) is 0.530. The van der Waals surface area contributed by atoms with E-state index in [-0.39, 0.29) is 16.1 Å². The summed E-state index contributed by atoms with van der Waals surface area (Å²) in [4.78, 5) is 10.8. The van der Waals surface area contributed by atoms with Gasteiger partial charge in [-0.2, -0.15) is 0 Å². The highest BCUT2D eigenvalue weighted by molar-refractivity contribution is 9.10. The Morgan fingerprint density at radius 2 is 2.15 bits per heavy atom. The molecule has 106 valence electrons. The number of rotatable bonds is 4. The average molecular weight is 361 g/mol. The monoisotopic (exact) mass is 360 g/mol. The summed E-state index contributed by atoms with van der Waals surface area (Å²) in [6.45, 7) is 1.61. The second-order valence-electron chi connectivity index (χ2n) is 3.93. The third kappa shape index (κ3) is 2.83. The second kappa shape index (κ2) is 5.25. The third-order valence-corrected chi connectivity index (χ3v) is 5.16. The molecule has 0 unspecified atom stereocenters. The molecule has 0 bridgehead atoms. The lowest BCUT2D eigenvalue weighted by Gasteiger charge is -2.10. The molecule has 2 N–H and O–H groups in total. The van der Waals surface area contributed by atoms with Gasteiger partial charge in [-0.1, -0.05) is 5.16 Å². The van der Waals surface area contributed by atoms with Crippen LogP contribution in [0.5, 0.6) is 0 Å². The zero-order chi connectivity index (χ0) is 14.9. The first-order chi connectivity index (χ1) is 9.31. The van der Waals surface area contributed by atoms with Crippen LogP contribution >= 0.6 is 15.9 Å². The van der Waals surface area contributed by atoms with Gasteiger partial charge in [0.05, 0.1) is 11.8 Å². The topological polar surface area (TPSA) is 110 Å². The average Bonchev–Trinajstić information content (AvgIpc) is 2.83. The fourth-order valence-corrected chi connectivity index (χ4v) is 3.59. The fraction of sp³-hybridized carbons (Fsp3) is 0.0909. The zero-order valence-electron chi connectivity index (χ0n) is 10.1. The number of hydrogen-bond acceptors (Lipinski definition) is 5. The van der Waals surface area contributed by atoms with E-state index in [9.17, 15) is 13.2 Å². The SMILES string of the molecule is Cc1cc(C(=O)O)cc(S(=O)(=O)Nc2cnoc2)c1Br. The molecule has 0 aliphatic rings. The number of aryl methyl sites for hydroxylation is 1. The lowest BCUT2D eigenvalue weighted by atomic mass is 10.1. The van der Waals surface area contributed by atoms with E-state index in [0.29, 0.717) is 10.0 Å². The maximum absolute atomic E-state index is 12.2. The molecule has 0 amide bonds. The van der Waals surface area contributed by atoms with Crippen LogP contribution in [0, 0.1) is 6.92 Å². The van der Waals surface area contributed by atoms with Crippen LogP contribution in [0.1, 0.15) is 15.9 Å². The molecule has 7 nitrogen and oxygen atoms in total. The van der Waals surface area contributed by atoms with Crippen molar-refractivity contribution in [1.82, 2.24) is 5.16 Å². The van der Waals surface area contributed by atoms with Gasteiger partial charge in [-0.15, -0.1) is 0 Å². The molecule has 0 fully saturated rings. The van der Waals surface area contributed by atoms with E-state index in [0.717, 1.165) is 12.3 Å². The van der Waals surface area contributed by atoms with Crippen molar-refractivity contribution in [3.8, 4) is 0 Å². The standard InChI is InChI=1S/C11H9BrN2O5S/c1-6-2-7(11(15)16)3-9(10(6)12)20(17,18)14-8-4-13-19-5-8/h2-5,14H,1H3,(H,15,16). The van der Waals surface area contributed by atoms with Crippen molar-refractivity contribution in [2.45, 2.75) is 11.8 Å². The molecule has 0 aliphatic carbocycles. The Morgan fingerprint density at radius 3 is 2.70 bits per heavy atom. The summed E-state index contributed by atoms with van der Waals surface area (Å²) >= 11 is 3.15. The summed E-state index contributed by atoms with van der Waals surface area (Å²) in [6, 6.07) is 2.46. The zero-order valence-corrected chi connectivity index (χ0v) is 12.5. The van der Waals surface area contributed by atoms with Gasteiger partial charge in [0.2, 0.25) is 0 Å². The first-order valence-electron chi connectivity index (χ1n) is 5.27. The Balaban J connectivity index is 2.53. The number of sulfonamides is 1. The van der Waals surface area contributed by atoms with Crippen molar-refractivity contribution in [1.29, 1.82) is 0 Å². The fourth-order valence-electron chi connectivity index (χ4n) is 1.52. The summed E-state index contributed by atoms with van der Waals surface area (Å²) in [7, 11) is -3.95. The van der Waals surface area contributed by atoms with Crippen LogP contribution in [-0.2, 0) is 10.0 Å². The van der Waals surface area contributed by atoms with Gasteiger partial charge in [-0.3, -0.25) is 4.72 Å². The highest BCUT2D eigenvalue weighted by atomic mass is 79.9. The number of hydrogen-bond donors (Lipinski definition) is 2. The number of halogens is 1. The molecule has 0 spiro atoms. The molecule has 2 aromatic rings. The molecule has 1 heterocycles. The minimum Gasteiger partial charge on any atom is -0.478 e. The van der Waals surface area contributed by atoms with Crippen LogP contribution in [-0.4, -0.2) is 24.7 Å². The van der Waals surface area contributed by atoms with Crippen molar-refractivity contribution in [2.75, 3.05) is 4.72 Å². The summed E-state index contributed by atoms with van der Waals surface area (Å²) in [5, 5.41) is 12.4. The Hall–Kier alpha value is -1.87. The Morgan fingerprint density at radius 1 is 1.45 bits per heavy atom. The van der Waals surface area contributed by atoms with Gasteiger partial charge in [-0.25, -0.2) is 13.2 Å². The molecular formula is C11H9BrN2O5S. The second-order valence-corrected chi connectivity index (χ2v) is 6.37. The number of anilines is 1. The number of aromatic nitrogens is 1. The number of aromatic carboxylic acids is 1. The van der Waals surface area contributed by atoms with Crippen molar-refractivity contribution in [3.05, 3.63) is 40.2 Å². The molecule has 0 radical (unpaired) electrons. The molecular weight excluding hydrogens is 352 g/mol. The van der Waals surface area contributed by atoms with Crippen LogP contribution in [0.3, 0.4) is 0 Å². The number of carboxylic acid groups (broad SMARTS) is 1.